The van der Waals surface area contributed by atoms with Crippen LogP contribution in [0.25, 0.3) is 0 Å². The zero-order chi connectivity index (χ0) is 11.1. The molecule has 0 amide bonds. The third kappa shape index (κ3) is 2.33. The molecule has 3 unspecified atom stereocenters. The summed E-state index contributed by atoms with van der Waals surface area (Å²) < 4.78 is 28.1. The normalized spacial score (nSPS) is 41.1. The van der Waals surface area contributed by atoms with Crippen LogP contribution in [0.1, 0.15) is 6.42 Å². The molecule has 0 saturated carbocycles. The minimum atomic E-state index is -2.91. The van der Waals surface area contributed by atoms with Crippen molar-refractivity contribution in [3.63, 3.8) is 0 Å². The molecule has 0 bridgehead atoms. The Morgan fingerprint density at radius 3 is 2.60 bits per heavy atom. The summed E-state index contributed by atoms with van der Waals surface area (Å²) >= 11 is 0. The van der Waals surface area contributed by atoms with Gasteiger partial charge in [0, 0.05) is 32.3 Å². The van der Waals surface area contributed by atoms with Gasteiger partial charge in [-0.2, -0.15) is 0 Å². The number of likely N-dealkylation sites (tertiary alicyclic amines) is 1. The van der Waals surface area contributed by atoms with Crippen LogP contribution in [-0.2, 0) is 14.6 Å². The molecular formula is C9H18N2O3S. The lowest BCUT2D eigenvalue weighted by molar-refractivity contribution is 0.101. The molecule has 2 fully saturated rings. The SMILES string of the molecule is COC1CCN(C2CS(=O)(=O)CC2N)C1. The molecule has 5 nitrogen and oxygen atoms in total. The molecular weight excluding hydrogens is 216 g/mol. The summed E-state index contributed by atoms with van der Waals surface area (Å²) in [6, 6.07) is -0.235. The molecule has 2 saturated heterocycles. The maximum absolute atomic E-state index is 11.4. The van der Waals surface area contributed by atoms with E-state index < -0.39 is 9.84 Å². The Morgan fingerprint density at radius 1 is 1.40 bits per heavy atom. The largest absolute Gasteiger partial charge is 0.380 e. The number of nitrogens with two attached hydrogens (primary N) is 1. The van der Waals surface area contributed by atoms with E-state index in [1.54, 1.807) is 7.11 Å². The van der Waals surface area contributed by atoms with Crippen molar-refractivity contribution in [2.75, 3.05) is 31.7 Å². The van der Waals surface area contributed by atoms with E-state index in [9.17, 15) is 8.42 Å². The molecule has 0 aliphatic carbocycles. The summed E-state index contributed by atoms with van der Waals surface area (Å²) in [5, 5.41) is 0. The van der Waals surface area contributed by atoms with E-state index in [2.05, 4.69) is 4.90 Å². The summed E-state index contributed by atoms with van der Waals surface area (Å²) in [5.41, 5.74) is 5.86. The quantitative estimate of drug-likeness (QED) is 0.652. The highest BCUT2D eigenvalue weighted by molar-refractivity contribution is 7.91. The molecule has 0 aromatic rings. The Bertz CT molecular complexity index is 330. The number of rotatable bonds is 2. The van der Waals surface area contributed by atoms with E-state index in [0.717, 1.165) is 19.5 Å². The first-order valence-corrected chi connectivity index (χ1v) is 7.07. The molecule has 0 spiro atoms. The highest BCUT2D eigenvalue weighted by atomic mass is 32.2. The predicted molar refractivity (Wildman–Crippen MR) is 57.4 cm³/mol. The zero-order valence-corrected chi connectivity index (χ0v) is 9.74. The third-order valence-electron chi connectivity index (χ3n) is 3.34. The summed E-state index contributed by atoms with van der Waals surface area (Å²) in [7, 11) is -1.22. The van der Waals surface area contributed by atoms with Gasteiger partial charge in [0.2, 0.25) is 0 Å². The van der Waals surface area contributed by atoms with Gasteiger partial charge in [0.15, 0.2) is 9.84 Å². The fourth-order valence-corrected chi connectivity index (χ4v) is 4.40. The lowest BCUT2D eigenvalue weighted by Crippen LogP contribution is -2.46. The lowest BCUT2D eigenvalue weighted by Gasteiger charge is -2.25. The van der Waals surface area contributed by atoms with Crippen LogP contribution in [0.5, 0.6) is 0 Å². The van der Waals surface area contributed by atoms with Crippen LogP contribution < -0.4 is 5.73 Å². The average Bonchev–Trinajstić information content (AvgIpc) is 2.69. The Kier molecular flexibility index (Phi) is 3.03. The van der Waals surface area contributed by atoms with Gasteiger partial charge >= 0.3 is 0 Å². The maximum Gasteiger partial charge on any atom is 0.153 e. The molecule has 2 aliphatic rings. The van der Waals surface area contributed by atoms with Crippen LogP contribution in [0, 0.1) is 0 Å². The van der Waals surface area contributed by atoms with Crippen molar-refractivity contribution >= 4 is 9.84 Å². The van der Waals surface area contributed by atoms with Crippen LogP contribution in [0.15, 0.2) is 0 Å². The second-order valence-electron chi connectivity index (χ2n) is 4.45. The number of nitrogens with zero attached hydrogens (tertiary/aromatic N) is 1. The van der Waals surface area contributed by atoms with Crippen LogP contribution in [0.3, 0.4) is 0 Å². The highest BCUT2D eigenvalue weighted by Gasteiger charge is 2.41. The number of ether oxygens (including phenoxy) is 1. The van der Waals surface area contributed by atoms with Gasteiger partial charge in [-0.3, -0.25) is 4.90 Å². The molecule has 2 rings (SSSR count). The van der Waals surface area contributed by atoms with E-state index in [4.69, 9.17) is 10.5 Å². The Labute approximate surface area is 90.5 Å². The van der Waals surface area contributed by atoms with Crippen molar-refractivity contribution in [3.8, 4) is 0 Å². The number of hydrogen-bond acceptors (Lipinski definition) is 5. The molecule has 88 valence electrons. The van der Waals surface area contributed by atoms with Gasteiger partial charge in [-0.25, -0.2) is 8.42 Å². The molecule has 2 N–H and O–H groups in total. The summed E-state index contributed by atoms with van der Waals surface area (Å²) in [6.07, 6.45) is 1.21. The van der Waals surface area contributed by atoms with Gasteiger partial charge in [0.25, 0.3) is 0 Å². The van der Waals surface area contributed by atoms with Gasteiger partial charge in [0.1, 0.15) is 0 Å². The summed E-state index contributed by atoms with van der Waals surface area (Å²) in [4.78, 5) is 2.16. The van der Waals surface area contributed by atoms with E-state index in [-0.39, 0.29) is 29.7 Å². The van der Waals surface area contributed by atoms with Crippen LogP contribution in [0.4, 0.5) is 0 Å². The van der Waals surface area contributed by atoms with Gasteiger partial charge in [-0.15, -0.1) is 0 Å². The van der Waals surface area contributed by atoms with E-state index in [1.165, 1.54) is 0 Å². The number of sulfone groups is 1. The van der Waals surface area contributed by atoms with Crippen molar-refractivity contribution in [3.05, 3.63) is 0 Å². The maximum atomic E-state index is 11.4. The Hall–Kier alpha value is -0.170. The monoisotopic (exact) mass is 234 g/mol. The minimum absolute atomic E-state index is 0.00449. The van der Waals surface area contributed by atoms with Crippen molar-refractivity contribution in [2.45, 2.75) is 24.6 Å². The smallest absolute Gasteiger partial charge is 0.153 e. The zero-order valence-electron chi connectivity index (χ0n) is 8.93. The molecule has 2 aliphatic heterocycles. The Balaban J connectivity index is 2.01. The van der Waals surface area contributed by atoms with Crippen LogP contribution in [-0.4, -0.2) is 63.2 Å². The molecule has 0 aromatic heterocycles. The minimum Gasteiger partial charge on any atom is -0.380 e. The predicted octanol–water partition coefficient (Wildman–Crippen LogP) is -1.17. The first kappa shape index (κ1) is 11.3. The molecule has 6 heteroatoms. The fourth-order valence-electron chi connectivity index (χ4n) is 2.48. The standard InChI is InChI=1S/C9H18N2O3S/c1-14-7-2-3-11(4-7)9-6-15(12,13)5-8(9)10/h7-9H,2-6,10H2,1H3. The van der Waals surface area contributed by atoms with Crippen LogP contribution in [0.2, 0.25) is 0 Å². The average molecular weight is 234 g/mol. The van der Waals surface area contributed by atoms with E-state index >= 15 is 0 Å². The van der Waals surface area contributed by atoms with Crippen LogP contribution >= 0.6 is 0 Å². The fraction of sp³-hybridized carbons (Fsp3) is 1.00. The molecule has 2 heterocycles. The van der Waals surface area contributed by atoms with Gasteiger partial charge < -0.3 is 10.5 Å². The molecule has 15 heavy (non-hydrogen) atoms. The molecule has 3 atom stereocenters. The molecule has 0 radical (unpaired) electrons. The lowest BCUT2D eigenvalue weighted by atomic mass is 10.1. The van der Waals surface area contributed by atoms with Gasteiger partial charge in [0.05, 0.1) is 17.6 Å². The van der Waals surface area contributed by atoms with Gasteiger partial charge in [-0.05, 0) is 6.42 Å². The third-order valence-corrected chi connectivity index (χ3v) is 5.09. The molecule has 0 aromatic carbocycles. The second kappa shape index (κ2) is 4.01. The van der Waals surface area contributed by atoms with Gasteiger partial charge in [-0.1, -0.05) is 0 Å². The van der Waals surface area contributed by atoms with Crippen molar-refractivity contribution in [1.29, 1.82) is 0 Å². The number of methoxy groups -OCH3 is 1. The first-order chi connectivity index (χ1) is 7.02. The van der Waals surface area contributed by atoms with E-state index in [1.807, 2.05) is 0 Å². The first-order valence-electron chi connectivity index (χ1n) is 5.24. The van der Waals surface area contributed by atoms with Crippen molar-refractivity contribution in [1.82, 2.24) is 4.90 Å². The highest BCUT2D eigenvalue weighted by Crippen LogP contribution is 2.22. The second-order valence-corrected chi connectivity index (χ2v) is 6.60. The van der Waals surface area contributed by atoms with Crippen molar-refractivity contribution < 1.29 is 13.2 Å². The summed E-state index contributed by atoms with van der Waals surface area (Å²) in [6.45, 7) is 1.71. The summed E-state index contributed by atoms with van der Waals surface area (Å²) in [5.74, 6) is 0.344. The van der Waals surface area contributed by atoms with Crippen molar-refractivity contribution in [2.24, 2.45) is 5.73 Å². The van der Waals surface area contributed by atoms with E-state index in [0.29, 0.717) is 0 Å². The topological polar surface area (TPSA) is 72.6 Å². The Morgan fingerprint density at radius 2 is 2.13 bits per heavy atom. The number of hydrogen-bond donors (Lipinski definition) is 1.